The largest absolute Gasteiger partial charge is 0.286 e. The molecule has 0 spiro atoms. The Labute approximate surface area is 179 Å². The topological polar surface area (TPSA) is 32.7 Å². The molecule has 1 fully saturated rings. The van der Waals surface area contributed by atoms with Crippen LogP contribution in [0.3, 0.4) is 0 Å². The molecule has 3 rings (SSSR count). The number of hydrogen-bond acceptors (Lipinski definition) is 4. The van der Waals surface area contributed by atoms with Crippen LogP contribution in [0, 0.1) is 0 Å². The van der Waals surface area contributed by atoms with Crippen LogP contribution >= 0.6 is 70.4 Å². The summed E-state index contributed by atoms with van der Waals surface area (Å²) in [5, 5.41) is 7.02. The highest BCUT2D eigenvalue weighted by atomic mass is 35.5. The zero-order valence-corrected chi connectivity index (χ0v) is 17.4. The summed E-state index contributed by atoms with van der Waals surface area (Å²) in [4.78, 5) is 13.0. The van der Waals surface area contributed by atoms with Crippen LogP contribution in [0.5, 0.6) is 0 Å². The van der Waals surface area contributed by atoms with Crippen LogP contribution in [0.2, 0.25) is 20.1 Å². The number of thiocarbonyl (C=S) groups is 1. The third-order valence-electron chi connectivity index (χ3n) is 3.28. The van der Waals surface area contributed by atoms with Gasteiger partial charge in [-0.25, -0.2) is 0 Å². The zero-order valence-electron chi connectivity index (χ0n) is 12.7. The summed E-state index contributed by atoms with van der Waals surface area (Å²) in [5.41, 5.74) is 1.44. The van der Waals surface area contributed by atoms with Gasteiger partial charge in [-0.3, -0.25) is 4.79 Å². The first kappa shape index (κ1) is 19.7. The van der Waals surface area contributed by atoms with Crippen molar-refractivity contribution in [2.24, 2.45) is 5.10 Å². The molecule has 1 saturated heterocycles. The molecule has 0 aliphatic carbocycles. The average Bonchev–Trinajstić information content (AvgIpc) is 2.86. The molecule has 1 heterocycles. The number of halogens is 4. The molecule has 2 aromatic rings. The minimum absolute atomic E-state index is 0.317. The van der Waals surface area contributed by atoms with E-state index in [1.54, 1.807) is 42.5 Å². The van der Waals surface area contributed by atoms with Gasteiger partial charge in [0.25, 0.3) is 5.91 Å². The van der Waals surface area contributed by atoms with Crippen LogP contribution in [0.25, 0.3) is 6.08 Å². The summed E-state index contributed by atoms with van der Waals surface area (Å²) in [6, 6.07) is 10.1. The molecule has 0 unspecified atom stereocenters. The van der Waals surface area contributed by atoms with Gasteiger partial charge in [-0.15, -0.1) is 0 Å². The molecule has 1 amide bonds. The lowest BCUT2D eigenvalue weighted by Gasteiger charge is -2.06. The van der Waals surface area contributed by atoms with Crippen molar-refractivity contribution in [3.05, 3.63) is 72.5 Å². The van der Waals surface area contributed by atoms with Crippen molar-refractivity contribution in [2.75, 3.05) is 0 Å². The monoisotopic (exact) mass is 460 g/mol. The van der Waals surface area contributed by atoms with E-state index in [0.29, 0.717) is 34.9 Å². The first-order valence-electron chi connectivity index (χ1n) is 7.07. The van der Waals surface area contributed by atoms with Crippen molar-refractivity contribution >= 4 is 92.9 Å². The van der Waals surface area contributed by atoms with Gasteiger partial charge >= 0.3 is 0 Å². The highest BCUT2D eigenvalue weighted by Crippen LogP contribution is 2.34. The van der Waals surface area contributed by atoms with Crippen LogP contribution in [-0.4, -0.2) is 21.5 Å². The van der Waals surface area contributed by atoms with E-state index in [-0.39, 0.29) is 5.91 Å². The van der Waals surface area contributed by atoms with Crippen molar-refractivity contribution in [3.8, 4) is 0 Å². The first-order valence-corrected chi connectivity index (χ1v) is 9.81. The maximum Gasteiger partial charge on any atom is 0.286 e. The van der Waals surface area contributed by atoms with Gasteiger partial charge in [-0.05, 0) is 53.7 Å². The molecule has 1 aliphatic heterocycles. The Balaban J connectivity index is 1.82. The SMILES string of the molecule is O=C1/C(=C\c2ccc(Cl)c(Cl)c2)SC(=S)N1N=Cc1ccc(Cl)c(Cl)c1. The van der Waals surface area contributed by atoms with E-state index in [2.05, 4.69) is 5.10 Å². The van der Waals surface area contributed by atoms with E-state index >= 15 is 0 Å². The molecule has 0 aromatic heterocycles. The number of thioether (sulfide) groups is 1. The van der Waals surface area contributed by atoms with Crippen molar-refractivity contribution < 1.29 is 4.79 Å². The van der Waals surface area contributed by atoms with Gasteiger partial charge in [0.15, 0.2) is 4.32 Å². The fourth-order valence-electron chi connectivity index (χ4n) is 2.03. The number of amides is 1. The van der Waals surface area contributed by atoms with Crippen molar-refractivity contribution in [1.82, 2.24) is 5.01 Å². The third kappa shape index (κ3) is 4.42. The van der Waals surface area contributed by atoms with E-state index < -0.39 is 0 Å². The Kier molecular flexibility index (Phi) is 6.28. The van der Waals surface area contributed by atoms with E-state index in [0.717, 1.165) is 22.3 Å². The van der Waals surface area contributed by atoms with Gasteiger partial charge in [0.05, 0.1) is 31.2 Å². The number of hydrazone groups is 1. The van der Waals surface area contributed by atoms with Crippen LogP contribution < -0.4 is 0 Å². The van der Waals surface area contributed by atoms with Gasteiger partial charge in [-0.1, -0.05) is 70.3 Å². The first-order chi connectivity index (χ1) is 12.3. The Bertz CT molecular complexity index is 975. The van der Waals surface area contributed by atoms with Gasteiger partial charge in [-0.2, -0.15) is 10.1 Å². The second-order valence-electron chi connectivity index (χ2n) is 5.09. The second-order valence-corrected chi connectivity index (χ2v) is 8.39. The van der Waals surface area contributed by atoms with E-state index in [1.807, 2.05) is 0 Å². The molecule has 0 saturated carbocycles. The van der Waals surface area contributed by atoms with Crippen molar-refractivity contribution in [3.63, 3.8) is 0 Å². The lowest BCUT2D eigenvalue weighted by atomic mass is 10.2. The summed E-state index contributed by atoms with van der Waals surface area (Å²) < 4.78 is 0.331. The average molecular weight is 462 g/mol. The normalized spacial score (nSPS) is 16.3. The number of rotatable bonds is 3. The van der Waals surface area contributed by atoms with Crippen LogP contribution in [0.4, 0.5) is 0 Å². The summed E-state index contributed by atoms with van der Waals surface area (Å²) in [6.45, 7) is 0. The molecular weight excluding hydrogens is 454 g/mol. The molecule has 0 N–H and O–H groups in total. The number of nitrogens with zero attached hydrogens (tertiary/aromatic N) is 2. The lowest BCUT2D eigenvalue weighted by Crippen LogP contribution is -2.22. The number of benzene rings is 2. The lowest BCUT2D eigenvalue weighted by molar-refractivity contribution is -0.122. The van der Waals surface area contributed by atoms with Gasteiger partial charge < -0.3 is 0 Å². The molecule has 0 bridgehead atoms. The minimum Gasteiger partial charge on any atom is -0.266 e. The van der Waals surface area contributed by atoms with E-state index in [4.69, 9.17) is 58.6 Å². The van der Waals surface area contributed by atoms with Gasteiger partial charge in [0, 0.05) is 0 Å². The zero-order chi connectivity index (χ0) is 18.8. The minimum atomic E-state index is -0.317. The standard InChI is InChI=1S/C17H8Cl4N2OS2/c18-11-3-1-9(5-13(11)20)7-15-16(24)23(17(25)26-15)22-8-10-2-4-12(19)14(21)6-10/h1-8H/b15-7+,22-8?. The molecule has 0 atom stereocenters. The maximum absolute atomic E-state index is 12.5. The summed E-state index contributed by atoms with van der Waals surface area (Å²) in [6.07, 6.45) is 3.19. The van der Waals surface area contributed by atoms with E-state index in [1.165, 1.54) is 6.21 Å². The Morgan fingerprint density at radius 2 is 1.50 bits per heavy atom. The Hall–Kier alpha value is -1.08. The number of hydrogen-bond donors (Lipinski definition) is 0. The Morgan fingerprint density at radius 3 is 2.12 bits per heavy atom. The van der Waals surface area contributed by atoms with Crippen LogP contribution in [0.15, 0.2) is 46.4 Å². The fourth-order valence-corrected chi connectivity index (χ4v) is 3.82. The highest BCUT2D eigenvalue weighted by molar-refractivity contribution is 8.26. The fraction of sp³-hybridized carbons (Fsp3) is 0. The van der Waals surface area contributed by atoms with Crippen LogP contribution in [-0.2, 0) is 4.79 Å². The Morgan fingerprint density at radius 1 is 0.923 bits per heavy atom. The maximum atomic E-state index is 12.5. The molecule has 26 heavy (non-hydrogen) atoms. The van der Waals surface area contributed by atoms with Gasteiger partial charge in [0.2, 0.25) is 0 Å². The molecular formula is C17H8Cl4N2OS2. The predicted octanol–water partition coefficient (Wildman–Crippen LogP) is 6.54. The molecule has 132 valence electrons. The van der Waals surface area contributed by atoms with Crippen LogP contribution in [0.1, 0.15) is 11.1 Å². The van der Waals surface area contributed by atoms with Crippen molar-refractivity contribution in [2.45, 2.75) is 0 Å². The molecule has 3 nitrogen and oxygen atoms in total. The molecule has 2 aromatic carbocycles. The molecule has 9 heteroatoms. The second kappa shape index (κ2) is 8.30. The third-order valence-corrected chi connectivity index (χ3v) is 6.04. The van der Waals surface area contributed by atoms with Gasteiger partial charge in [0.1, 0.15) is 0 Å². The predicted molar refractivity (Wildman–Crippen MR) is 116 cm³/mol. The summed E-state index contributed by atoms with van der Waals surface area (Å²) in [5.74, 6) is -0.317. The summed E-state index contributed by atoms with van der Waals surface area (Å²) >= 11 is 30.2. The smallest absolute Gasteiger partial charge is 0.266 e. The number of carbonyl (C=O) groups excluding carboxylic acids is 1. The molecule has 1 aliphatic rings. The highest BCUT2D eigenvalue weighted by Gasteiger charge is 2.32. The van der Waals surface area contributed by atoms with E-state index in [9.17, 15) is 4.79 Å². The summed E-state index contributed by atoms with van der Waals surface area (Å²) in [7, 11) is 0. The quantitative estimate of drug-likeness (QED) is 0.295. The molecule has 0 radical (unpaired) electrons. The number of carbonyl (C=O) groups is 1. The van der Waals surface area contributed by atoms with Crippen molar-refractivity contribution in [1.29, 1.82) is 0 Å².